The lowest BCUT2D eigenvalue weighted by atomic mass is 9.98. The highest BCUT2D eigenvalue weighted by atomic mass is 32.1. The van der Waals surface area contributed by atoms with Crippen molar-refractivity contribution in [3.63, 3.8) is 0 Å². The van der Waals surface area contributed by atoms with Crippen LogP contribution in [-0.2, 0) is 0 Å². The summed E-state index contributed by atoms with van der Waals surface area (Å²) in [6.07, 6.45) is 0. The number of para-hydroxylation sites is 1. The first-order valence-electron chi connectivity index (χ1n) is 12.1. The molecule has 0 saturated heterocycles. The molecule has 7 aromatic rings. The predicted molar refractivity (Wildman–Crippen MR) is 153 cm³/mol. The molecule has 8 rings (SSSR count). The largest absolute Gasteiger partial charge is 0.455 e. The fourth-order valence-corrected chi connectivity index (χ4v) is 6.91. The van der Waals surface area contributed by atoms with Crippen molar-refractivity contribution in [2.45, 2.75) is 0 Å². The van der Waals surface area contributed by atoms with Crippen LogP contribution in [0.2, 0.25) is 0 Å². The van der Waals surface area contributed by atoms with Crippen LogP contribution in [0.1, 0.15) is 10.4 Å². The number of benzene rings is 5. The van der Waals surface area contributed by atoms with Crippen molar-refractivity contribution < 1.29 is 4.42 Å². The third-order valence-electron chi connectivity index (χ3n) is 7.13. The highest BCUT2D eigenvalue weighted by molar-refractivity contribution is 7.23. The Balaban J connectivity index is 1.54. The highest BCUT2D eigenvalue weighted by Crippen LogP contribution is 2.50. The molecular formula is C32H20N2OS. The minimum absolute atomic E-state index is 0.548. The fraction of sp³-hybridized carbons (Fsp3) is 0.0312. The zero-order valence-electron chi connectivity index (χ0n) is 19.3. The number of nitrogens with zero attached hydrogens (tertiary/aromatic N) is 1. The van der Waals surface area contributed by atoms with Gasteiger partial charge in [-0.15, -0.1) is 11.3 Å². The van der Waals surface area contributed by atoms with Gasteiger partial charge in [-0.1, -0.05) is 103 Å². The molecule has 0 unspecified atom stereocenters. The molecule has 1 aliphatic rings. The second-order valence-electron chi connectivity index (χ2n) is 9.12. The van der Waals surface area contributed by atoms with Crippen molar-refractivity contribution in [1.82, 2.24) is 0 Å². The van der Waals surface area contributed by atoms with Gasteiger partial charge < -0.3 is 9.73 Å². The summed E-state index contributed by atoms with van der Waals surface area (Å²) in [7, 11) is 0. The number of furan rings is 1. The van der Waals surface area contributed by atoms with E-state index in [9.17, 15) is 0 Å². The minimum Gasteiger partial charge on any atom is -0.455 e. The van der Waals surface area contributed by atoms with E-state index in [1.165, 1.54) is 25.7 Å². The van der Waals surface area contributed by atoms with E-state index in [2.05, 4.69) is 102 Å². The monoisotopic (exact) mass is 480 g/mol. The first-order valence-corrected chi connectivity index (χ1v) is 12.9. The van der Waals surface area contributed by atoms with Gasteiger partial charge in [-0.2, -0.15) is 0 Å². The highest BCUT2D eigenvalue weighted by Gasteiger charge is 2.27. The third kappa shape index (κ3) is 2.70. The van der Waals surface area contributed by atoms with Crippen molar-refractivity contribution >= 4 is 65.5 Å². The van der Waals surface area contributed by atoms with Gasteiger partial charge in [0.2, 0.25) is 0 Å². The summed E-state index contributed by atoms with van der Waals surface area (Å²) in [5.41, 5.74) is 7.47. The smallest absolute Gasteiger partial charge is 0.146 e. The van der Waals surface area contributed by atoms with Crippen LogP contribution in [0.4, 0.5) is 5.69 Å². The Labute approximate surface area is 211 Å². The van der Waals surface area contributed by atoms with Crippen LogP contribution < -0.4 is 5.32 Å². The number of aliphatic imine (C=N–C) groups is 1. The molecule has 0 aliphatic carbocycles. The lowest BCUT2D eigenvalue weighted by Crippen LogP contribution is -2.14. The van der Waals surface area contributed by atoms with Crippen LogP contribution in [0, 0.1) is 0 Å². The van der Waals surface area contributed by atoms with Crippen LogP contribution in [0.3, 0.4) is 0 Å². The molecule has 0 radical (unpaired) electrons. The lowest BCUT2D eigenvalue weighted by Gasteiger charge is -2.15. The Morgan fingerprint density at radius 3 is 2.14 bits per heavy atom. The number of thiophene rings is 1. The molecule has 0 spiro atoms. The Morgan fingerprint density at radius 2 is 1.33 bits per heavy atom. The normalized spacial score (nSPS) is 13.3. The van der Waals surface area contributed by atoms with E-state index < -0.39 is 0 Å². The van der Waals surface area contributed by atoms with E-state index >= 15 is 0 Å². The summed E-state index contributed by atoms with van der Waals surface area (Å²) in [4.78, 5) is 6.05. The molecule has 1 N–H and O–H groups in total. The predicted octanol–water partition coefficient (Wildman–Crippen LogP) is 8.84. The minimum atomic E-state index is 0.548. The van der Waals surface area contributed by atoms with Gasteiger partial charge in [-0.25, -0.2) is 0 Å². The standard InChI is InChI=1S/C32H20N2OS/c1-3-10-19(11-4-1)21-16-9-17-24-25-22-14-7-8-15-23(22)31-26(30(25)35-29(21)24)28-32(36-31)27(33-18-34-28)20-12-5-2-6-13-20/h1-17,34H,18H2. The Bertz CT molecular complexity index is 1980. The van der Waals surface area contributed by atoms with E-state index in [1.807, 2.05) is 6.07 Å². The first kappa shape index (κ1) is 19.8. The van der Waals surface area contributed by atoms with E-state index in [1.54, 1.807) is 11.3 Å². The maximum Gasteiger partial charge on any atom is 0.146 e. The van der Waals surface area contributed by atoms with Crippen molar-refractivity contribution in [3.8, 4) is 11.1 Å². The molecule has 1 aliphatic heterocycles. The van der Waals surface area contributed by atoms with Crippen molar-refractivity contribution in [3.05, 3.63) is 114 Å². The quantitative estimate of drug-likeness (QED) is 0.268. The lowest BCUT2D eigenvalue weighted by molar-refractivity contribution is 0.674. The molecule has 170 valence electrons. The number of nitrogens with one attached hydrogen (secondary N) is 1. The molecule has 2 aromatic heterocycles. The van der Waals surface area contributed by atoms with Gasteiger partial charge in [0.05, 0.1) is 21.7 Å². The number of fused-ring (bicyclic) bond motifs is 10. The molecule has 0 fully saturated rings. The van der Waals surface area contributed by atoms with Crippen molar-refractivity contribution in [1.29, 1.82) is 0 Å². The number of hydrogen-bond donors (Lipinski definition) is 1. The summed E-state index contributed by atoms with van der Waals surface area (Å²) in [6, 6.07) is 36.2. The Morgan fingerprint density at radius 1 is 0.639 bits per heavy atom. The summed E-state index contributed by atoms with van der Waals surface area (Å²) >= 11 is 1.80. The van der Waals surface area contributed by atoms with Gasteiger partial charge in [0.15, 0.2) is 0 Å². The Kier molecular flexibility index (Phi) is 4.16. The SMILES string of the molecule is c1ccc(C2=NCNc3c2sc2c4ccccc4c4c5cccc(-c6ccccc6)c5oc4c32)cc1. The molecule has 0 amide bonds. The van der Waals surface area contributed by atoms with Gasteiger partial charge in [0.25, 0.3) is 0 Å². The summed E-state index contributed by atoms with van der Waals surface area (Å²) < 4.78 is 8.09. The molecule has 0 atom stereocenters. The topological polar surface area (TPSA) is 37.5 Å². The molecule has 5 aromatic carbocycles. The number of hydrogen-bond acceptors (Lipinski definition) is 4. The zero-order chi connectivity index (χ0) is 23.6. The van der Waals surface area contributed by atoms with Crippen LogP contribution in [0.5, 0.6) is 0 Å². The van der Waals surface area contributed by atoms with Crippen LogP contribution in [-0.4, -0.2) is 12.4 Å². The van der Waals surface area contributed by atoms with Crippen molar-refractivity contribution in [2.75, 3.05) is 12.0 Å². The van der Waals surface area contributed by atoms with Crippen LogP contribution >= 0.6 is 11.3 Å². The molecule has 36 heavy (non-hydrogen) atoms. The molecule has 3 heterocycles. The maximum atomic E-state index is 6.85. The van der Waals surface area contributed by atoms with Gasteiger partial charge in [-0.05, 0) is 10.9 Å². The Hall–Kier alpha value is -4.41. The van der Waals surface area contributed by atoms with Gasteiger partial charge in [-0.3, -0.25) is 4.99 Å². The average molecular weight is 481 g/mol. The number of rotatable bonds is 2. The zero-order valence-corrected chi connectivity index (χ0v) is 20.1. The maximum absolute atomic E-state index is 6.85. The van der Waals surface area contributed by atoms with Crippen LogP contribution in [0.15, 0.2) is 113 Å². The van der Waals surface area contributed by atoms with Gasteiger partial charge >= 0.3 is 0 Å². The number of anilines is 1. The molecule has 0 bridgehead atoms. The average Bonchev–Trinajstić information content (AvgIpc) is 3.53. The van der Waals surface area contributed by atoms with E-state index in [0.717, 1.165) is 50.0 Å². The molecule has 4 heteroatoms. The molecular weight excluding hydrogens is 460 g/mol. The molecule has 3 nitrogen and oxygen atoms in total. The third-order valence-corrected chi connectivity index (χ3v) is 8.36. The second-order valence-corrected chi connectivity index (χ2v) is 10.1. The van der Waals surface area contributed by atoms with Gasteiger partial charge in [0, 0.05) is 32.0 Å². The fourth-order valence-electron chi connectivity index (χ4n) is 5.57. The molecule has 0 saturated carbocycles. The van der Waals surface area contributed by atoms with Crippen LogP contribution in [0.25, 0.3) is 53.9 Å². The second kappa shape index (κ2) is 7.54. The van der Waals surface area contributed by atoms with Gasteiger partial charge in [0.1, 0.15) is 17.8 Å². The summed E-state index contributed by atoms with van der Waals surface area (Å²) in [6.45, 7) is 0.548. The van der Waals surface area contributed by atoms with E-state index in [4.69, 9.17) is 9.41 Å². The van der Waals surface area contributed by atoms with Crippen molar-refractivity contribution in [2.24, 2.45) is 4.99 Å². The summed E-state index contributed by atoms with van der Waals surface area (Å²) in [5.74, 6) is 0. The summed E-state index contributed by atoms with van der Waals surface area (Å²) in [5, 5.41) is 9.55. The van der Waals surface area contributed by atoms with E-state index in [0.29, 0.717) is 6.67 Å². The van der Waals surface area contributed by atoms with E-state index in [-0.39, 0.29) is 0 Å². The first-order chi connectivity index (χ1) is 17.9.